The Balaban J connectivity index is 1.59. The van der Waals surface area contributed by atoms with Gasteiger partial charge in [-0.3, -0.25) is 9.68 Å². The third kappa shape index (κ3) is 6.42. The molecule has 0 aromatic heterocycles. The molecule has 0 N–H and O–H groups in total. The van der Waals surface area contributed by atoms with E-state index in [9.17, 15) is 14.4 Å². The van der Waals surface area contributed by atoms with Crippen LogP contribution in [0.2, 0.25) is 0 Å². The molecule has 0 spiro atoms. The van der Waals surface area contributed by atoms with Gasteiger partial charge in [-0.2, -0.15) is 0 Å². The molecule has 0 radical (unpaired) electrons. The standard InChI is InChI=1S/C23H24O7/c24-21(17-10-4-1-5-11-17)27-16-20(28-22(25)18-12-6-2-7-13-18)29-30-23(26)19-14-8-3-9-15-19/h1,3-5,8-11,14-15,18,20H,2,6-7,12-13,16H2. The first-order valence-electron chi connectivity index (χ1n) is 9.99. The van der Waals surface area contributed by atoms with E-state index in [1.54, 1.807) is 60.7 Å². The van der Waals surface area contributed by atoms with E-state index in [0.717, 1.165) is 32.1 Å². The smallest absolute Gasteiger partial charge is 0.373 e. The van der Waals surface area contributed by atoms with Crippen LogP contribution < -0.4 is 0 Å². The predicted molar refractivity (Wildman–Crippen MR) is 106 cm³/mol. The predicted octanol–water partition coefficient (Wildman–Crippen LogP) is 4.08. The number of carbonyl (C=O) groups is 3. The highest BCUT2D eigenvalue weighted by Gasteiger charge is 2.28. The molecule has 0 amide bonds. The monoisotopic (exact) mass is 412 g/mol. The van der Waals surface area contributed by atoms with Crippen LogP contribution in [0, 0.1) is 5.92 Å². The maximum absolute atomic E-state index is 12.5. The Kier molecular flexibility index (Phi) is 7.97. The van der Waals surface area contributed by atoms with Crippen molar-refractivity contribution < 1.29 is 33.6 Å². The van der Waals surface area contributed by atoms with Crippen molar-refractivity contribution in [2.45, 2.75) is 38.4 Å². The molecule has 7 heteroatoms. The second-order valence-corrected chi connectivity index (χ2v) is 7.00. The van der Waals surface area contributed by atoms with E-state index in [2.05, 4.69) is 0 Å². The molecular formula is C23H24O7. The minimum absolute atomic E-state index is 0.237. The van der Waals surface area contributed by atoms with Crippen LogP contribution in [0.5, 0.6) is 0 Å². The number of rotatable bonds is 8. The molecule has 3 rings (SSSR count). The summed E-state index contributed by atoms with van der Waals surface area (Å²) in [4.78, 5) is 46.6. The first kappa shape index (κ1) is 21.5. The van der Waals surface area contributed by atoms with Crippen LogP contribution >= 0.6 is 0 Å². The Morgan fingerprint density at radius 2 is 1.37 bits per heavy atom. The number of hydrogen-bond acceptors (Lipinski definition) is 7. The van der Waals surface area contributed by atoms with Crippen molar-refractivity contribution in [3.63, 3.8) is 0 Å². The highest BCUT2D eigenvalue weighted by molar-refractivity contribution is 5.89. The van der Waals surface area contributed by atoms with Crippen LogP contribution in [-0.2, 0) is 24.0 Å². The van der Waals surface area contributed by atoms with Gasteiger partial charge < -0.3 is 9.47 Å². The largest absolute Gasteiger partial charge is 0.455 e. The summed E-state index contributed by atoms with van der Waals surface area (Å²) in [5, 5.41) is 0. The molecule has 30 heavy (non-hydrogen) atoms. The molecule has 1 aliphatic rings. The third-order valence-corrected chi connectivity index (χ3v) is 4.79. The summed E-state index contributed by atoms with van der Waals surface area (Å²) in [5.41, 5.74) is 0.618. The average Bonchev–Trinajstić information content (AvgIpc) is 2.82. The lowest BCUT2D eigenvalue weighted by molar-refractivity contribution is -0.337. The third-order valence-electron chi connectivity index (χ3n) is 4.79. The van der Waals surface area contributed by atoms with Crippen molar-refractivity contribution in [2.75, 3.05) is 6.61 Å². The second-order valence-electron chi connectivity index (χ2n) is 7.00. The summed E-state index contributed by atoms with van der Waals surface area (Å²) in [6.45, 7) is -0.408. The highest BCUT2D eigenvalue weighted by atomic mass is 17.2. The summed E-state index contributed by atoms with van der Waals surface area (Å²) in [5.74, 6) is -2.04. The van der Waals surface area contributed by atoms with Crippen LogP contribution in [0.25, 0.3) is 0 Å². The van der Waals surface area contributed by atoms with Crippen LogP contribution in [0.3, 0.4) is 0 Å². The van der Waals surface area contributed by atoms with E-state index in [1.807, 2.05) is 0 Å². The summed E-state index contributed by atoms with van der Waals surface area (Å²) in [6.07, 6.45) is 3.11. The number of benzene rings is 2. The van der Waals surface area contributed by atoms with Gasteiger partial charge in [0.25, 0.3) is 6.29 Å². The molecule has 2 aromatic rings. The van der Waals surface area contributed by atoms with E-state index in [-0.39, 0.29) is 11.5 Å². The van der Waals surface area contributed by atoms with E-state index in [4.69, 9.17) is 19.2 Å². The van der Waals surface area contributed by atoms with Gasteiger partial charge in [0.05, 0.1) is 17.0 Å². The quantitative estimate of drug-likeness (QED) is 0.279. The Labute approximate surface area is 174 Å². The van der Waals surface area contributed by atoms with E-state index in [0.29, 0.717) is 5.56 Å². The van der Waals surface area contributed by atoms with Crippen molar-refractivity contribution in [3.8, 4) is 0 Å². The topological polar surface area (TPSA) is 88.1 Å². The maximum Gasteiger partial charge on any atom is 0.373 e. The van der Waals surface area contributed by atoms with Gasteiger partial charge in [-0.1, -0.05) is 55.7 Å². The zero-order valence-corrected chi connectivity index (χ0v) is 16.5. The molecule has 0 bridgehead atoms. The van der Waals surface area contributed by atoms with Crippen molar-refractivity contribution >= 4 is 17.9 Å². The van der Waals surface area contributed by atoms with Crippen molar-refractivity contribution in [1.29, 1.82) is 0 Å². The fraction of sp³-hybridized carbons (Fsp3) is 0.348. The van der Waals surface area contributed by atoms with Gasteiger partial charge in [0, 0.05) is 0 Å². The lowest BCUT2D eigenvalue weighted by Crippen LogP contribution is -2.32. The number of ether oxygens (including phenoxy) is 2. The molecule has 1 saturated carbocycles. The molecule has 1 fully saturated rings. The fourth-order valence-corrected chi connectivity index (χ4v) is 3.17. The Hall–Kier alpha value is -3.19. The lowest BCUT2D eigenvalue weighted by Gasteiger charge is -2.23. The van der Waals surface area contributed by atoms with Gasteiger partial charge in [0.1, 0.15) is 0 Å². The highest BCUT2D eigenvalue weighted by Crippen LogP contribution is 2.25. The minimum Gasteiger partial charge on any atom is -0.455 e. The lowest BCUT2D eigenvalue weighted by atomic mass is 9.89. The Morgan fingerprint density at radius 3 is 1.97 bits per heavy atom. The summed E-state index contributed by atoms with van der Waals surface area (Å²) in [7, 11) is 0. The number of esters is 2. The van der Waals surface area contributed by atoms with Crippen LogP contribution in [0.1, 0.15) is 52.8 Å². The maximum atomic E-state index is 12.5. The second kappa shape index (κ2) is 11.1. The summed E-state index contributed by atoms with van der Waals surface area (Å²) < 4.78 is 10.5. The number of hydrogen-bond donors (Lipinski definition) is 0. The first-order valence-corrected chi connectivity index (χ1v) is 9.99. The SMILES string of the molecule is O=C(OCC(OOC(=O)c1ccccc1)OC(=O)C1CCCCC1)c1ccccc1. The fourth-order valence-electron chi connectivity index (χ4n) is 3.17. The molecule has 1 unspecified atom stereocenters. The van der Waals surface area contributed by atoms with E-state index >= 15 is 0 Å². The van der Waals surface area contributed by atoms with Gasteiger partial charge in [-0.25, -0.2) is 9.59 Å². The normalized spacial score (nSPS) is 15.1. The van der Waals surface area contributed by atoms with Gasteiger partial charge in [0.15, 0.2) is 6.61 Å². The van der Waals surface area contributed by atoms with Crippen molar-refractivity contribution in [3.05, 3.63) is 71.8 Å². The minimum atomic E-state index is -1.36. The molecule has 0 aliphatic heterocycles. The van der Waals surface area contributed by atoms with E-state index in [1.165, 1.54) is 0 Å². The molecule has 1 aliphatic carbocycles. The molecule has 0 heterocycles. The average molecular weight is 412 g/mol. The molecule has 2 aromatic carbocycles. The van der Waals surface area contributed by atoms with Crippen molar-refractivity contribution in [1.82, 2.24) is 0 Å². The summed E-state index contributed by atoms with van der Waals surface area (Å²) in [6, 6.07) is 16.6. The van der Waals surface area contributed by atoms with Gasteiger partial charge in [0.2, 0.25) is 0 Å². The van der Waals surface area contributed by atoms with Crippen LogP contribution in [0.4, 0.5) is 0 Å². The van der Waals surface area contributed by atoms with E-state index < -0.39 is 30.8 Å². The van der Waals surface area contributed by atoms with Gasteiger partial charge in [-0.05, 0) is 37.1 Å². The Morgan fingerprint density at radius 1 is 0.800 bits per heavy atom. The number of carbonyl (C=O) groups excluding carboxylic acids is 3. The van der Waals surface area contributed by atoms with Gasteiger partial charge >= 0.3 is 17.9 Å². The summed E-state index contributed by atoms with van der Waals surface area (Å²) >= 11 is 0. The molecule has 1 atom stereocenters. The molecule has 158 valence electrons. The van der Waals surface area contributed by atoms with Crippen molar-refractivity contribution in [2.24, 2.45) is 5.92 Å². The molecular weight excluding hydrogens is 388 g/mol. The zero-order chi connectivity index (χ0) is 21.2. The van der Waals surface area contributed by atoms with Crippen LogP contribution in [0.15, 0.2) is 60.7 Å². The van der Waals surface area contributed by atoms with Gasteiger partial charge in [-0.15, -0.1) is 4.89 Å². The zero-order valence-electron chi connectivity index (χ0n) is 16.5. The Bertz CT molecular complexity index is 774. The molecule has 0 saturated heterocycles. The molecule has 7 nitrogen and oxygen atoms in total. The van der Waals surface area contributed by atoms with Crippen LogP contribution in [-0.4, -0.2) is 30.8 Å². The first-order chi connectivity index (χ1) is 14.6.